The van der Waals surface area contributed by atoms with E-state index in [1.807, 2.05) is 12.2 Å². The fourth-order valence-corrected chi connectivity index (χ4v) is 3.70. The Morgan fingerprint density at radius 2 is 1.97 bits per heavy atom. The van der Waals surface area contributed by atoms with Gasteiger partial charge in [-0.2, -0.15) is 13.2 Å². The van der Waals surface area contributed by atoms with E-state index in [0.717, 1.165) is 12.1 Å². The summed E-state index contributed by atoms with van der Waals surface area (Å²) >= 11 is 0. The number of aliphatic carboxylic acids is 1. The summed E-state index contributed by atoms with van der Waals surface area (Å²) in [5.74, 6) is -1.55. The van der Waals surface area contributed by atoms with E-state index in [0.29, 0.717) is 19.3 Å². The molecule has 0 aromatic heterocycles. The van der Waals surface area contributed by atoms with Crippen molar-refractivity contribution in [2.45, 2.75) is 56.6 Å². The number of allylic oxidation sites excluding steroid dienone is 2. The number of alkyl halides is 3. The van der Waals surface area contributed by atoms with Crippen LogP contribution in [0, 0.1) is 11.8 Å². The molecule has 1 aromatic carbocycles. The standard InChI is InChI=1S/C23H29F3O6/c24-23(25,26)15-6-5-7-17(12-15)32-14-16(27)10-11-19-18(20(28)13-21(19)29)8-3-1-2-4-9-22(30)31/h1,3,5-7,10-12,16,18-21,27-29H,2,4,8-9,13-14H2,(H,30,31)/b3-1+,11-10+/t16-,18-,19-,20+,21-/m0/s1. The second kappa shape index (κ2) is 12.0. The first kappa shape index (κ1) is 25.9. The second-order valence-corrected chi connectivity index (χ2v) is 7.89. The van der Waals surface area contributed by atoms with Gasteiger partial charge in [0.15, 0.2) is 0 Å². The molecule has 5 atom stereocenters. The molecule has 0 radical (unpaired) electrons. The summed E-state index contributed by atoms with van der Waals surface area (Å²) in [6.07, 6.45) is 1.48. The van der Waals surface area contributed by atoms with E-state index in [4.69, 9.17) is 9.84 Å². The highest BCUT2D eigenvalue weighted by atomic mass is 19.4. The number of hydrogen-bond acceptors (Lipinski definition) is 5. The number of rotatable bonds is 11. The van der Waals surface area contributed by atoms with Crippen molar-refractivity contribution in [3.8, 4) is 5.75 Å². The summed E-state index contributed by atoms with van der Waals surface area (Å²) in [5.41, 5.74) is -0.845. The molecule has 1 aliphatic carbocycles. The van der Waals surface area contributed by atoms with E-state index in [1.54, 1.807) is 6.08 Å². The Morgan fingerprint density at radius 3 is 2.66 bits per heavy atom. The zero-order chi connectivity index (χ0) is 23.7. The molecule has 2 rings (SSSR count). The van der Waals surface area contributed by atoms with E-state index in [1.165, 1.54) is 18.2 Å². The lowest BCUT2D eigenvalue weighted by Gasteiger charge is -2.19. The minimum Gasteiger partial charge on any atom is -0.491 e. The molecule has 9 heteroatoms. The molecule has 0 amide bonds. The molecule has 1 saturated carbocycles. The Kier molecular flexibility index (Phi) is 9.74. The fraction of sp³-hybridized carbons (Fsp3) is 0.522. The maximum absolute atomic E-state index is 12.8. The molecule has 0 aliphatic heterocycles. The van der Waals surface area contributed by atoms with Gasteiger partial charge in [-0.05, 0) is 43.4 Å². The summed E-state index contributed by atoms with van der Waals surface area (Å²) in [7, 11) is 0. The van der Waals surface area contributed by atoms with Gasteiger partial charge in [0.2, 0.25) is 0 Å². The van der Waals surface area contributed by atoms with Gasteiger partial charge in [-0.25, -0.2) is 0 Å². The van der Waals surface area contributed by atoms with Crippen LogP contribution >= 0.6 is 0 Å². The van der Waals surface area contributed by atoms with Crippen LogP contribution in [0.15, 0.2) is 48.6 Å². The lowest BCUT2D eigenvalue weighted by molar-refractivity contribution is -0.138. The topological polar surface area (TPSA) is 107 Å². The van der Waals surface area contributed by atoms with Gasteiger partial charge in [0, 0.05) is 18.8 Å². The Balaban J connectivity index is 1.87. The van der Waals surface area contributed by atoms with Crippen LogP contribution in [-0.2, 0) is 11.0 Å². The molecular weight excluding hydrogens is 429 g/mol. The zero-order valence-corrected chi connectivity index (χ0v) is 17.5. The van der Waals surface area contributed by atoms with Gasteiger partial charge < -0.3 is 25.2 Å². The number of halogens is 3. The predicted octanol–water partition coefficient (Wildman–Crippen LogP) is 3.56. The van der Waals surface area contributed by atoms with Crippen LogP contribution < -0.4 is 4.74 Å². The number of hydrogen-bond donors (Lipinski definition) is 4. The predicted molar refractivity (Wildman–Crippen MR) is 111 cm³/mol. The van der Waals surface area contributed by atoms with E-state index in [9.17, 15) is 33.3 Å². The highest BCUT2D eigenvalue weighted by Gasteiger charge is 2.39. The van der Waals surface area contributed by atoms with Gasteiger partial charge in [-0.15, -0.1) is 0 Å². The number of carboxylic acids is 1. The zero-order valence-electron chi connectivity index (χ0n) is 17.5. The van der Waals surface area contributed by atoms with E-state index >= 15 is 0 Å². The smallest absolute Gasteiger partial charge is 0.416 e. The molecule has 178 valence electrons. The normalized spacial score (nSPS) is 24.9. The third-order valence-electron chi connectivity index (χ3n) is 5.39. The maximum Gasteiger partial charge on any atom is 0.416 e. The Labute approximate surface area is 184 Å². The first-order chi connectivity index (χ1) is 15.1. The Bertz CT molecular complexity index is 792. The molecular formula is C23H29F3O6. The number of aliphatic hydroxyl groups is 3. The van der Waals surface area contributed by atoms with Gasteiger partial charge in [-0.1, -0.05) is 30.4 Å². The van der Waals surface area contributed by atoms with Crippen molar-refractivity contribution >= 4 is 5.97 Å². The molecule has 0 unspecified atom stereocenters. The van der Waals surface area contributed by atoms with Crippen LogP contribution in [0.1, 0.15) is 37.7 Å². The first-order valence-electron chi connectivity index (χ1n) is 10.5. The lowest BCUT2D eigenvalue weighted by Crippen LogP contribution is -2.21. The van der Waals surface area contributed by atoms with E-state index < -0.39 is 41.9 Å². The Morgan fingerprint density at radius 1 is 1.22 bits per heavy atom. The first-order valence-corrected chi connectivity index (χ1v) is 10.5. The van der Waals surface area contributed by atoms with Gasteiger partial charge >= 0.3 is 12.1 Å². The van der Waals surface area contributed by atoms with Crippen LogP contribution in [0.2, 0.25) is 0 Å². The number of carboxylic acid groups (broad SMARTS) is 1. The van der Waals surface area contributed by atoms with Crippen molar-refractivity contribution in [2.75, 3.05) is 6.61 Å². The lowest BCUT2D eigenvalue weighted by atomic mass is 9.89. The Hall–Kier alpha value is -2.36. The van der Waals surface area contributed by atoms with Crippen LogP contribution in [0.4, 0.5) is 13.2 Å². The summed E-state index contributed by atoms with van der Waals surface area (Å²) in [6, 6.07) is 4.36. The monoisotopic (exact) mass is 458 g/mol. The molecule has 32 heavy (non-hydrogen) atoms. The number of unbranched alkanes of at least 4 members (excludes halogenated alkanes) is 1. The van der Waals surface area contributed by atoms with Crippen LogP contribution in [0.5, 0.6) is 5.75 Å². The van der Waals surface area contributed by atoms with Crippen molar-refractivity contribution in [2.24, 2.45) is 11.8 Å². The summed E-state index contributed by atoms with van der Waals surface area (Å²) < 4.78 is 43.5. The summed E-state index contributed by atoms with van der Waals surface area (Å²) in [5, 5.41) is 39.2. The van der Waals surface area contributed by atoms with E-state index in [-0.39, 0.29) is 31.1 Å². The molecule has 1 aromatic rings. The summed E-state index contributed by atoms with van der Waals surface area (Å²) in [6.45, 7) is -0.267. The number of ether oxygens (including phenoxy) is 1. The molecule has 0 spiro atoms. The van der Waals surface area contributed by atoms with Crippen molar-refractivity contribution in [1.82, 2.24) is 0 Å². The van der Waals surface area contributed by atoms with Gasteiger partial charge in [0.25, 0.3) is 0 Å². The van der Waals surface area contributed by atoms with Crippen molar-refractivity contribution in [1.29, 1.82) is 0 Å². The third kappa shape index (κ3) is 8.29. The minimum absolute atomic E-state index is 0.0190. The molecule has 0 heterocycles. The van der Waals surface area contributed by atoms with Crippen LogP contribution in [-0.4, -0.2) is 51.3 Å². The SMILES string of the molecule is O=C(O)CCC/C=C/C[C@H]1[C@H](/C=C/[C@H](O)COc2cccc(C(F)(F)F)c2)[C@@H](O)C[C@H]1O. The van der Waals surface area contributed by atoms with E-state index in [2.05, 4.69) is 0 Å². The minimum atomic E-state index is -4.49. The average molecular weight is 458 g/mol. The van der Waals surface area contributed by atoms with Crippen LogP contribution in [0.25, 0.3) is 0 Å². The maximum atomic E-state index is 12.8. The molecule has 4 N–H and O–H groups in total. The number of carbonyl (C=O) groups is 1. The van der Waals surface area contributed by atoms with Crippen molar-refractivity contribution < 1.29 is 43.1 Å². The summed E-state index contributed by atoms with van der Waals surface area (Å²) in [4.78, 5) is 10.5. The second-order valence-electron chi connectivity index (χ2n) is 7.89. The highest BCUT2D eigenvalue weighted by Crippen LogP contribution is 2.36. The molecule has 1 fully saturated rings. The quantitative estimate of drug-likeness (QED) is 0.298. The fourth-order valence-electron chi connectivity index (χ4n) is 3.70. The largest absolute Gasteiger partial charge is 0.491 e. The molecule has 6 nitrogen and oxygen atoms in total. The number of benzene rings is 1. The van der Waals surface area contributed by atoms with Crippen LogP contribution in [0.3, 0.4) is 0 Å². The molecule has 0 bridgehead atoms. The number of aliphatic hydroxyl groups excluding tert-OH is 3. The van der Waals surface area contributed by atoms with Gasteiger partial charge in [0.1, 0.15) is 18.5 Å². The van der Waals surface area contributed by atoms with Crippen molar-refractivity contribution in [3.63, 3.8) is 0 Å². The highest BCUT2D eigenvalue weighted by molar-refractivity contribution is 5.66. The average Bonchev–Trinajstić information content (AvgIpc) is 2.99. The van der Waals surface area contributed by atoms with Gasteiger partial charge in [0.05, 0.1) is 17.8 Å². The molecule has 1 aliphatic rings. The van der Waals surface area contributed by atoms with Gasteiger partial charge in [-0.3, -0.25) is 4.79 Å². The molecule has 0 saturated heterocycles. The third-order valence-corrected chi connectivity index (χ3v) is 5.39. The van der Waals surface area contributed by atoms with Crippen molar-refractivity contribution in [3.05, 3.63) is 54.1 Å².